The molecule has 0 aromatic rings. The zero-order valence-electron chi connectivity index (χ0n) is 11.4. The lowest BCUT2D eigenvalue weighted by molar-refractivity contribution is -0.0776. The van der Waals surface area contributed by atoms with E-state index >= 15 is 0 Å². The predicted octanol–water partition coefficient (Wildman–Crippen LogP) is 2.76. The van der Waals surface area contributed by atoms with Gasteiger partial charge in [-0.15, -0.1) is 0 Å². The van der Waals surface area contributed by atoms with E-state index < -0.39 is 0 Å². The van der Waals surface area contributed by atoms with Crippen LogP contribution in [0, 0.1) is 5.92 Å². The van der Waals surface area contributed by atoms with Gasteiger partial charge in [0.15, 0.2) is 0 Å². The Bertz CT molecular complexity index is 188. The minimum atomic E-state index is 0.0952. The molecule has 1 atom stereocenters. The van der Waals surface area contributed by atoms with E-state index in [1.807, 2.05) is 0 Å². The quantitative estimate of drug-likeness (QED) is 0.634. The molecule has 17 heavy (non-hydrogen) atoms. The van der Waals surface area contributed by atoms with Gasteiger partial charge in [-0.05, 0) is 25.2 Å². The zero-order chi connectivity index (χ0) is 12.6. The Morgan fingerprint density at radius 3 is 2.47 bits per heavy atom. The lowest BCUT2D eigenvalue weighted by atomic mass is 9.88. The van der Waals surface area contributed by atoms with Gasteiger partial charge in [-0.3, -0.25) is 0 Å². The Kier molecular flexibility index (Phi) is 7.09. The van der Waals surface area contributed by atoms with Gasteiger partial charge in [0.1, 0.15) is 0 Å². The highest BCUT2D eigenvalue weighted by molar-refractivity contribution is 4.87. The van der Waals surface area contributed by atoms with Crippen LogP contribution in [0.25, 0.3) is 0 Å². The summed E-state index contributed by atoms with van der Waals surface area (Å²) in [5.74, 6) is 0.742. The summed E-state index contributed by atoms with van der Waals surface area (Å²) in [7, 11) is 0. The summed E-state index contributed by atoms with van der Waals surface area (Å²) in [5.41, 5.74) is 0.123. The number of hydrogen-bond acceptors (Lipinski definition) is 3. The van der Waals surface area contributed by atoms with Crippen molar-refractivity contribution in [1.29, 1.82) is 0 Å². The minimum absolute atomic E-state index is 0.0952. The van der Waals surface area contributed by atoms with Gasteiger partial charge in [0.2, 0.25) is 0 Å². The first-order chi connectivity index (χ1) is 8.22. The molecule has 0 saturated heterocycles. The highest BCUT2D eigenvalue weighted by Crippen LogP contribution is 2.38. The van der Waals surface area contributed by atoms with Crippen LogP contribution in [-0.4, -0.2) is 37.1 Å². The van der Waals surface area contributed by atoms with E-state index in [1.165, 1.54) is 38.5 Å². The maximum atomic E-state index is 8.61. The molecule has 1 rings (SSSR count). The van der Waals surface area contributed by atoms with E-state index in [0.29, 0.717) is 19.8 Å². The van der Waals surface area contributed by atoms with Crippen molar-refractivity contribution in [3.8, 4) is 0 Å². The van der Waals surface area contributed by atoms with Crippen LogP contribution in [0.1, 0.15) is 52.4 Å². The van der Waals surface area contributed by atoms with Gasteiger partial charge in [0, 0.05) is 0 Å². The van der Waals surface area contributed by atoms with Gasteiger partial charge in [0.05, 0.1) is 32.0 Å². The Labute approximate surface area is 105 Å². The van der Waals surface area contributed by atoms with Crippen molar-refractivity contribution in [3.05, 3.63) is 0 Å². The van der Waals surface area contributed by atoms with Crippen LogP contribution in [0.15, 0.2) is 0 Å². The number of hydrogen-bond donors (Lipinski definition) is 1. The van der Waals surface area contributed by atoms with Crippen molar-refractivity contribution in [1.82, 2.24) is 0 Å². The Morgan fingerprint density at radius 2 is 1.88 bits per heavy atom. The summed E-state index contributed by atoms with van der Waals surface area (Å²) in [6, 6.07) is 0. The third kappa shape index (κ3) is 5.36. The highest BCUT2D eigenvalue weighted by atomic mass is 16.5. The van der Waals surface area contributed by atoms with Crippen LogP contribution in [0.3, 0.4) is 0 Å². The number of rotatable bonds is 9. The fourth-order valence-corrected chi connectivity index (χ4v) is 2.69. The fraction of sp³-hybridized carbons (Fsp3) is 1.00. The second-order valence-electron chi connectivity index (χ2n) is 5.29. The van der Waals surface area contributed by atoms with Gasteiger partial charge >= 0.3 is 0 Å². The Hall–Kier alpha value is -0.120. The molecule has 0 aromatic carbocycles. The molecular formula is C14H28O3. The lowest BCUT2D eigenvalue weighted by Crippen LogP contribution is -2.32. The van der Waals surface area contributed by atoms with Crippen LogP contribution in [0.5, 0.6) is 0 Å². The second-order valence-corrected chi connectivity index (χ2v) is 5.29. The van der Waals surface area contributed by atoms with Crippen LogP contribution in [0.2, 0.25) is 0 Å². The largest absolute Gasteiger partial charge is 0.394 e. The number of ether oxygens (including phenoxy) is 2. The third-order valence-electron chi connectivity index (χ3n) is 3.80. The molecule has 1 aliphatic rings. The highest BCUT2D eigenvalue weighted by Gasteiger charge is 2.35. The molecule has 1 saturated carbocycles. The van der Waals surface area contributed by atoms with Crippen LogP contribution in [-0.2, 0) is 9.47 Å². The zero-order valence-corrected chi connectivity index (χ0v) is 11.4. The molecule has 0 heterocycles. The standard InChI is InChI=1S/C14H28O3/c1-3-13(2)12-14(6-4-5-7-14)17-11-10-16-9-8-15/h13,15H,3-12H2,1-2H3. The van der Waals surface area contributed by atoms with E-state index in [2.05, 4.69) is 13.8 Å². The topological polar surface area (TPSA) is 38.7 Å². The summed E-state index contributed by atoms with van der Waals surface area (Å²) >= 11 is 0. The van der Waals surface area contributed by atoms with E-state index in [4.69, 9.17) is 14.6 Å². The van der Waals surface area contributed by atoms with Crippen molar-refractivity contribution in [2.45, 2.75) is 58.0 Å². The molecule has 0 aromatic heterocycles. The van der Waals surface area contributed by atoms with Crippen LogP contribution in [0.4, 0.5) is 0 Å². The van der Waals surface area contributed by atoms with Crippen molar-refractivity contribution in [2.24, 2.45) is 5.92 Å². The van der Waals surface area contributed by atoms with Gasteiger partial charge in [0.25, 0.3) is 0 Å². The summed E-state index contributed by atoms with van der Waals surface area (Å²) < 4.78 is 11.3. The molecule has 3 nitrogen and oxygen atoms in total. The first kappa shape index (κ1) is 14.9. The maximum absolute atomic E-state index is 8.61. The maximum Gasteiger partial charge on any atom is 0.0708 e. The SMILES string of the molecule is CCC(C)CC1(OCCOCCO)CCCC1. The summed E-state index contributed by atoms with van der Waals surface area (Å²) in [5, 5.41) is 8.61. The normalized spacial score (nSPS) is 20.6. The first-order valence-corrected chi connectivity index (χ1v) is 7.05. The van der Waals surface area contributed by atoms with Crippen molar-refractivity contribution < 1.29 is 14.6 Å². The molecular weight excluding hydrogens is 216 g/mol. The molecule has 1 aliphatic carbocycles. The van der Waals surface area contributed by atoms with Gasteiger partial charge in [-0.25, -0.2) is 0 Å². The van der Waals surface area contributed by atoms with Crippen LogP contribution >= 0.6 is 0 Å². The van der Waals surface area contributed by atoms with Crippen molar-refractivity contribution in [2.75, 3.05) is 26.4 Å². The number of aliphatic hydroxyl groups is 1. The molecule has 1 fully saturated rings. The number of aliphatic hydroxyl groups excluding tert-OH is 1. The molecule has 102 valence electrons. The van der Waals surface area contributed by atoms with E-state index in [0.717, 1.165) is 5.92 Å². The average molecular weight is 244 g/mol. The predicted molar refractivity (Wildman–Crippen MR) is 69.1 cm³/mol. The molecule has 0 bridgehead atoms. The smallest absolute Gasteiger partial charge is 0.0708 e. The average Bonchev–Trinajstić information content (AvgIpc) is 2.77. The molecule has 3 heteroatoms. The molecule has 1 N–H and O–H groups in total. The van der Waals surface area contributed by atoms with Gasteiger partial charge in [-0.2, -0.15) is 0 Å². The summed E-state index contributed by atoms with van der Waals surface area (Å²) in [6.45, 7) is 6.34. The van der Waals surface area contributed by atoms with E-state index in [9.17, 15) is 0 Å². The Balaban J connectivity index is 2.27. The second kappa shape index (κ2) is 8.06. The lowest BCUT2D eigenvalue weighted by Gasteiger charge is -2.32. The fourth-order valence-electron chi connectivity index (χ4n) is 2.69. The molecule has 0 radical (unpaired) electrons. The van der Waals surface area contributed by atoms with Gasteiger partial charge < -0.3 is 14.6 Å². The molecule has 0 amide bonds. The first-order valence-electron chi connectivity index (χ1n) is 7.05. The van der Waals surface area contributed by atoms with Gasteiger partial charge in [-0.1, -0.05) is 33.1 Å². The Morgan fingerprint density at radius 1 is 1.18 bits per heavy atom. The van der Waals surface area contributed by atoms with Crippen molar-refractivity contribution >= 4 is 0 Å². The van der Waals surface area contributed by atoms with Crippen LogP contribution < -0.4 is 0 Å². The van der Waals surface area contributed by atoms with Crippen molar-refractivity contribution in [3.63, 3.8) is 0 Å². The molecule has 0 spiro atoms. The molecule has 0 aliphatic heterocycles. The van der Waals surface area contributed by atoms with E-state index in [1.54, 1.807) is 0 Å². The molecule has 1 unspecified atom stereocenters. The minimum Gasteiger partial charge on any atom is -0.394 e. The van der Waals surface area contributed by atoms with E-state index in [-0.39, 0.29) is 12.2 Å². The monoisotopic (exact) mass is 244 g/mol. The summed E-state index contributed by atoms with van der Waals surface area (Å²) in [6.07, 6.45) is 7.42. The third-order valence-corrected chi connectivity index (χ3v) is 3.80. The summed E-state index contributed by atoms with van der Waals surface area (Å²) in [4.78, 5) is 0.